The van der Waals surface area contributed by atoms with Gasteiger partial charge in [0, 0.05) is 10.1 Å². The summed E-state index contributed by atoms with van der Waals surface area (Å²) < 4.78 is 48.7. The molecule has 0 aromatic heterocycles. The van der Waals surface area contributed by atoms with E-state index in [9.17, 15) is 18.0 Å². The van der Waals surface area contributed by atoms with Gasteiger partial charge in [-0.3, -0.25) is 4.79 Å². The third-order valence-corrected chi connectivity index (χ3v) is 4.59. The van der Waals surface area contributed by atoms with E-state index in [0.29, 0.717) is 39.2 Å². The van der Waals surface area contributed by atoms with Crippen molar-refractivity contribution in [1.82, 2.24) is 5.32 Å². The van der Waals surface area contributed by atoms with E-state index in [-0.39, 0.29) is 5.91 Å². The van der Waals surface area contributed by atoms with Gasteiger partial charge in [-0.15, -0.1) is 0 Å². The summed E-state index contributed by atoms with van der Waals surface area (Å²) in [5, 5.41) is 2.76. The highest BCUT2D eigenvalue weighted by atomic mass is 127. The van der Waals surface area contributed by atoms with Crippen molar-refractivity contribution < 1.29 is 27.4 Å². The van der Waals surface area contributed by atoms with Gasteiger partial charge < -0.3 is 14.8 Å². The highest BCUT2D eigenvalue weighted by molar-refractivity contribution is 14.1. The van der Waals surface area contributed by atoms with Crippen LogP contribution in [0.25, 0.3) is 0 Å². The van der Waals surface area contributed by atoms with Crippen LogP contribution in [0.4, 0.5) is 13.2 Å². The Morgan fingerprint density at radius 1 is 1.08 bits per heavy atom. The summed E-state index contributed by atoms with van der Waals surface area (Å²) in [6.07, 6.45) is -3.93. The molecule has 0 saturated heterocycles. The summed E-state index contributed by atoms with van der Waals surface area (Å²) in [7, 11) is 2.99. The number of carbonyl (C=O) groups is 1. The SMILES string of the molecule is COc1cc(I)c(C(=O)NCCc2ccc(C(F)(F)F)cc2)cc1OC. The maximum absolute atomic E-state index is 12.5. The van der Waals surface area contributed by atoms with Gasteiger partial charge in [0.15, 0.2) is 11.5 Å². The first-order valence-electron chi connectivity index (χ1n) is 7.62. The van der Waals surface area contributed by atoms with Crippen molar-refractivity contribution in [2.75, 3.05) is 20.8 Å². The second kappa shape index (κ2) is 8.61. The molecule has 0 heterocycles. The second-order valence-electron chi connectivity index (χ2n) is 5.39. The van der Waals surface area contributed by atoms with Crippen molar-refractivity contribution in [3.63, 3.8) is 0 Å². The Morgan fingerprint density at radius 3 is 2.19 bits per heavy atom. The van der Waals surface area contributed by atoms with E-state index in [1.165, 1.54) is 26.4 Å². The molecule has 0 radical (unpaired) electrons. The Balaban J connectivity index is 1.99. The molecule has 1 amide bonds. The number of benzene rings is 2. The van der Waals surface area contributed by atoms with Gasteiger partial charge in [0.25, 0.3) is 5.91 Å². The molecule has 2 aromatic rings. The zero-order valence-corrected chi connectivity index (χ0v) is 16.3. The van der Waals surface area contributed by atoms with Crippen LogP contribution in [0, 0.1) is 3.57 Å². The van der Waals surface area contributed by atoms with Crippen LogP contribution >= 0.6 is 22.6 Å². The standard InChI is InChI=1S/C18H17F3INO3/c1-25-15-9-13(14(22)10-16(15)26-2)17(24)23-8-7-11-3-5-12(6-4-11)18(19,20)21/h3-6,9-10H,7-8H2,1-2H3,(H,23,24). The molecule has 0 aliphatic heterocycles. The summed E-state index contributed by atoms with van der Waals surface area (Å²) in [5.41, 5.74) is 0.459. The number of hydrogen-bond donors (Lipinski definition) is 1. The molecule has 8 heteroatoms. The van der Waals surface area contributed by atoms with Crippen LogP contribution in [0.3, 0.4) is 0 Å². The summed E-state index contributed by atoms with van der Waals surface area (Å²) in [6.45, 7) is 0.300. The number of halogens is 4. The first-order valence-corrected chi connectivity index (χ1v) is 8.70. The molecular formula is C18H17F3INO3. The van der Waals surface area contributed by atoms with Crippen molar-refractivity contribution in [2.45, 2.75) is 12.6 Å². The van der Waals surface area contributed by atoms with Crippen molar-refractivity contribution in [3.05, 3.63) is 56.7 Å². The molecule has 1 N–H and O–H groups in total. The fourth-order valence-corrected chi connectivity index (χ4v) is 2.99. The van der Waals surface area contributed by atoms with Crippen molar-refractivity contribution >= 4 is 28.5 Å². The number of alkyl halides is 3. The van der Waals surface area contributed by atoms with E-state index in [2.05, 4.69) is 5.32 Å². The molecule has 0 fully saturated rings. The van der Waals surface area contributed by atoms with Crippen LogP contribution in [0.1, 0.15) is 21.5 Å². The predicted octanol–water partition coefficient (Wildman–Crippen LogP) is 4.30. The largest absolute Gasteiger partial charge is 0.493 e. The third-order valence-electron chi connectivity index (χ3n) is 3.70. The van der Waals surface area contributed by atoms with Crippen LogP contribution < -0.4 is 14.8 Å². The number of amides is 1. The summed E-state index contributed by atoms with van der Waals surface area (Å²) in [5.74, 6) is 0.682. The molecule has 0 atom stereocenters. The van der Waals surface area contributed by atoms with E-state index < -0.39 is 11.7 Å². The van der Waals surface area contributed by atoms with Crippen LogP contribution in [0.2, 0.25) is 0 Å². The van der Waals surface area contributed by atoms with Crippen molar-refractivity contribution in [2.24, 2.45) is 0 Å². The van der Waals surface area contributed by atoms with Gasteiger partial charge in [0.2, 0.25) is 0 Å². The number of methoxy groups -OCH3 is 2. The Hall–Kier alpha value is -1.97. The van der Waals surface area contributed by atoms with E-state index >= 15 is 0 Å². The molecule has 0 spiro atoms. The van der Waals surface area contributed by atoms with Gasteiger partial charge in [-0.2, -0.15) is 13.2 Å². The second-order valence-corrected chi connectivity index (χ2v) is 6.55. The zero-order valence-electron chi connectivity index (χ0n) is 14.1. The average Bonchev–Trinajstić information content (AvgIpc) is 2.60. The Kier molecular flexibility index (Phi) is 6.74. The number of rotatable bonds is 6. The lowest BCUT2D eigenvalue weighted by atomic mass is 10.1. The molecule has 0 saturated carbocycles. The molecule has 2 aromatic carbocycles. The molecule has 0 bridgehead atoms. The molecule has 140 valence electrons. The molecule has 0 aliphatic carbocycles. The smallest absolute Gasteiger partial charge is 0.416 e. The number of carbonyl (C=O) groups excluding carboxylic acids is 1. The minimum absolute atomic E-state index is 0.290. The molecular weight excluding hydrogens is 462 g/mol. The van der Waals surface area contributed by atoms with E-state index in [1.807, 2.05) is 22.6 Å². The first kappa shape index (κ1) is 20.3. The normalized spacial score (nSPS) is 11.2. The Labute approximate surface area is 162 Å². The van der Waals surface area contributed by atoms with Gasteiger partial charge in [0.05, 0.1) is 25.3 Å². The lowest BCUT2D eigenvalue weighted by Crippen LogP contribution is -2.26. The Morgan fingerprint density at radius 2 is 1.65 bits per heavy atom. The quantitative estimate of drug-likeness (QED) is 0.629. The molecule has 26 heavy (non-hydrogen) atoms. The van der Waals surface area contributed by atoms with Crippen molar-refractivity contribution in [1.29, 1.82) is 0 Å². The van der Waals surface area contributed by atoms with Crippen LogP contribution in [-0.2, 0) is 12.6 Å². The monoisotopic (exact) mass is 479 g/mol. The van der Waals surface area contributed by atoms with Crippen molar-refractivity contribution in [3.8, 4) is 11.5 Å². The number of nitrogens with one attached hydrogen (secondary N) is 1. The minimum Gasteiger partial charge on any atom is -0.493 e. The van der Waals surface area contributed by atoms with Gasteiger partial charge in [-0.05, 0) is 58.8 Å². The Bertz CT molecular complexity index is 776. The van der Waals surface area contributed by atoms with Gasteiger partial charge in [0.1, 0.15) is 0 Å². The zero-order chi connectivity index (χ0) is 19.3. The molecule has 2 rings (SSSR count). The fraction of sp³-hybridized carbons (Fsp3) is 0.278. The minimum atomic E-state index is -4.35. The third kappa shape index (κ3) is 5.03. The van der Waals surface area contributed by atoms with Crippen LogP contribution in [0.5, 0.6) is 11.5 Å². The number of ether oxygens (including phenoxy) is 2. The van der Waals surface area contributed by atoms with E-state index in [1.54, 1.807) is 12.1 Å². The highest BCUT2D eigenvalue weighted by Gasteiger charge is 2.29. The summed E-state index contributed by atoms with van der Waals surface area (Å²) in [6, 6.07) is 8.19. The fourth-order valence-electron chi connectivity index (χ4n) is 2.30. The lowest BCUT2D eigenvalue weighted by molar-refractivity contribution is -0.137. The number of hydrogen-bond acceptors (Lipinski definition) is 3. The highest BCUT2D eigenvalue weighted by Crippen LogP contribution is 2.31. The topological polar surface area (TPSA) is 47.6 Å². The van der Waals surface area contributed by atoms with Gasteiger partial charge in [-0.1, -0.05) is 12.1 Å². The predicted molar refractivity (Wildman–Crippen MR) is 99.7 cm³/mol. The first-order chi connectivity index (χ1) is 12.3. The molecule has 4 nitrogen and oxygen atoms in total. The lowest BCUT2D eigenvalue weighted by Gasteiger charge is -2.12. The average molecular weight is 479 g/mol. The van der Waals surface area contributed by atoms with Gasteiger partial charge in [-0.25, -0.2) is 0 Å². The maximum Gasteiger partial charge on any atom is 0.416 e. The van der Waals surface area contributed by atoms with Gasteiger partial charge >= 0.3 is 6.18 Å². The van der Waals surface area contributed by atoms with Crippen LogP contribution in [-0.4, -0.2) is 26.7 Å². The summed E-state index contributed by atoms with van der Waals surface area (Å²) >= 11 is 2.03. The molecule has 0 unspecified atom stereocenters. The van der Waals surface area contributed by atoms with E-state index in [0.717, 1.165) is 12.1 Å². The van der Waals surface area contributed by atoms with Crippen LogP contribution in [0.15, 0.2) is 36.4 Å². The maximum atomic E-state index is 12.5. The summed E-state index contributed by atoms with van der Waals surface area (Å²) in [4.78, 5) is 12.3. The molecule has 0 aliphatic rings. The van der Waals surface area contributed by atoms with E-state index in [4.69, 9.17) is 9.47 Å².